The Labute approximate surface area is 72.3 Å². The molecule has 2 N–H and O–H groups in total. The molecule has 1 aromatic rings. The van der Waals surface area contributed by atoms with Gasteiger partial charge < -0.3 is 10.5 Å². The standard InChI is InChI=1S/C10H13NO/c11-10-7-12-6-9(10)8-4-2-1-3-5-8/h1-5,9-10H,6-7,11H2. The quantitative estimate of drug-likeness (QED) is 0.673. The van der Waals surface area contributed by atoms with Crippen molar-refractivity contribution in [3.05, 3.63) is 35.9 Å². The minimum atomic E-state index is 0.174. The van der Waals surface area contributed by atoms with Crippen LogP contribution < -0.4 is 5.73 Å². The lowest BCUT2D eigenvalue weighted by Crippen LogP contribution is -2.26. The molecule has 1 aliphatic heterocycles. The maximum Gasteiger partial charge on any atom is 0.0624 e. The average Bonchev–Trinajstić information content (AvgIpc) is 2.53. The number of nitrogens with two attached hydrogens (primary N) is 1. The Balaban J connectivity index is 2.19. The first-order valence-corrected chi connectivity index (χ1v) is 4.26. The van der Waals surface area contributed by atoms with E-state index in [4.69, 9.17) is 10.5 Å². The number of hydrogen-bond donors (Lipinski definition) is 1. The van der Waals surface area contributed by atoms with Crippen molar-refractivity contribution in [3.8, 4) is 0 Å². The maximum absolute atomic E-state index is 5.89. The molecule has 0 amide bonds. The van der Waals surface area contributed by atoms with Crippen LogP contribution in [0.1, 0.15) is 11.5 Å². The van der Waals surface area contributed by atoms with Crippen molar-refractivity contribution >= 4 is 0 Å². The van der Waals surface area contributed by atoms with Crippen molar-refractivity contribution < 1.29 is 4.74 Å². The number of rotatable bonds is 1. The molecule has 2 atom stereocenters. The first-order chi connectivity index (χ1) is 5.88. The van der Waals surface area contributed by atoms with E-state index in [0.717, 1.165) is 6.61 Å². The van der Waals surface area contributed by atoms with Crippen LogP contribution in [0.5, 0.6) is 0 Å². The molecule has 2 heteroatoms. The lowest BCUT2D eigenvalue weighted by atomic mass is 9.95. The second-order valence-corrected chi connectivity index (χ2v) is 3.22. The fraction of sp³-hybridized carbons (Fsp3) is 0.400. The van der Waals surface area contributed by atoms with Gasteiger partial charge in [0.2, 0.25) is 0 Å². The Bertz CT molecular complexity index is 247. The molecule has 0 spiro atoms. The molecule has 0 aromatic heterocycles. The minimum Gasteiger partial charge on any atom is -0.379 e. The van der Waals surface area contributed by atoms with Crippen molar-refractivity contribution in [3.63, 3.8) is 0 Å². The van der Waals surface area contributed by atoms with Crippen molar-refractivity contribution in [2.24, 2.45) is 5.73 Å². The van der Waals surface area contributed by atoms with E-state index in [1.54, 1.807) is 0 Å². The van der Waals surface area contributed by atoms with Crippen LogP contribution in [0.3, 0.4) is 0 Å². The summed E-state index contributed by atoms with van der Waals surface area (Å²) in [5, 5.41) is 0. The fourth-order valence-electron chi connectivity index (χ4n) is 1.61. The molecule has 64 valence electrons. The maximum atomic E-state index is 5.89. The van der Waals surface area contributed by atoms with Crippen molar-refractivity contribution in [1.29, 1.82) is 0 Å². The second kappa shape index (κ2) is 3.25. The molecule has 2 nitrogen and oxygen atoms in total. The van der Waals surface area contributed by atoms with Gasteiger partial charge in [0.25, 0.3) is 0 Å². The first-order valence-electron chi connectivity index (χ1n) is 4.26. The van der Waals surface area contributed by atoms with E-state index in [0.29, 0.717) is 12.5 Å². The average molecular weight is 163 g/mol. The number of ether oxygens (including phenoxy) is 1. The zero-order valence-corrected chi connectivity index (χ0v) is 6.94. The molecular weight excluding hydrogens is 150 g/mol. The molecule has 1 aromatic carbocycles. The second-order valence-electron chi connectivity index (χ2n) is 3.22. The van der Waals surface area contributed by atoms with E-state index in [9.17, 15) is 0 Å². The third-order valence-corrected chi connectivity index (χ3v) is 2.35. The Kier molecular flexibility index (Phi) is 2.11. The predicted octanol–water partition coefficient (Wildman–Crippen LogP) is 1.13. The highest BCUT2D eigenvalue weighted by Crippen LogP contribution is 2.23. The minimum absolute atomic E-state index is 0.174. The summed E-state index contributed by atoms with van der Waals surface area (Å²) in [5.41, 5.74) is 7.18. The third kappa shape index (κ3) is 1.36. The van der Waals surface area contributed by atoms with Gasteiger partial charge in [0, 0.05) is 12.0 Å². The van der Waals surface area contributed by atoms with Crippen molar-refractivity contribution in [2.75, 3.05) is 13.2 Å². The van der Waals surface area contributed by atoms with Gasteiger partial charge in [0.15, 0.2) is 0 Å². The Hall–Kier alpha value is -0.860. The van der Waals surface area contributed by atoms with E-state index in [1.165, 1.54) is 5.56 Å². The van der Waals surface area contributed by atoms with Gasteiger partial charge >= 0.3 is 0 Å². The molecule has 0 saturated carbocycles. The lowest BCUT2D eigenvalue weighted by Gasteiger charge is -2.12. The number of hydrogen-bond acceptors (Lipinski definition) is 2. The molecule has 0 bridgehead atoms. The SMILES string of the molecule is NC1COCC1c1ccccc1. The van der Waals surface area contributed by atoms with Gasteiger partial charge in [0.05, 0.1) is 13.2 Å². The van der Waals surface area contributed by atoms with E-state index >= 15 is 0 Å². The Morgan fingerprint density at radius 2 is 1.92 bits per heavy atom. The summed E-state index contributed by atoms with van der Waals surface area (Å²) < 4.78 is 5.30. The molecule has 0 radical (unpaired) electrons. The summed E-state index contributed by atoms with van der Waals surface area (Å²) in [6.07, 6.45) is 0. The van der Waals surface area contributed by atoms with Crippen LogP contribution in [-0.2, 0) is 4.74 Å². The molecule has 2 rings (SSSR count). The molecule has 2 unspecified atom stereocenters. The monoisotopic (exact) mass is 163 g/mol. The van der Waals surface area contributed by atoms with Gasteiger partial charge in [-0.25, -0.2) is 0 Å². The van der Waals surface area contributed by atoms with Gasteiger partial charge in [0.1, 0.15) is 0 Å². The van der Waals surface area contributed by atoms with E-state index in [2.05, 4.69) is 12.1 Å². The highest BCUT2D eigenvalue weighted by Gasteiger charge is 2.25. The van der Waals surface area contributed by atoms with E-state index in [1.807, 2.05) is 18.2 Å². The van der Waals surface area contributed by atoms with Crippen LogP contribution in [0.2, 0.25) is 0 Å². The van der Waals surface area contributed by atoms with Gasteiger partial charge in [-0.1, -0.05) is 30.3 Å². The molecule has 1 fully saturated rings. The lowest BCUT2D eigenvalue weighted by molar-refractivity contribution is 0.191. The highest BCUT2D eigenvalue weighted by molar-refractivity contribution is 5.22. The van der Waals surface area contributed by atoms with Crippen LogP contribution >= 0.6 is 0 Å². The van der Waals surface area contributed by atoms with Crippen LogP contribution in [0, 0.1) is 0 Å². The normalized spacial score (nSPS) is 29.1. The zero-order chi connectivity index (χ0) is 8.39. The molecule has 1 heterocycles. The van der Waals surface area contributed by atoms with E-state index in [-0.39, 0.29) is 6.04 Å². The molecule has 1 saturated heterocycles. The van der Waals surface area contributed by atoms with Crippen molar-refractivity contribution in [2.45, 2.75) is 12.0 Å². The zero-order valence-electron chi connectivity index (χ0n) is 6.94. The summed E-state index contributed by atoms with van der Waals surface area (Å²) in [7, 11) is 0. The smallest absolute Gasteiger partial charge is 0.0624 e. The topological polar surface area (TPSA) is 35.2 Å². The Morgan fingerprint density at radius 1 is 1.17 bits per heavy atom. The molecule has 0 aliphatic carbocycles. The summed E-state index contributed by atoms with van der Waals surface area (Å²) >= 11 is 0. The van der Waals surface area contributed by atoms with Crippen LogP contribution in [0.25, 0.3) is 0 Å². The largest absolute Gasteiger partial charge is 0.379 e. The Morgan fingerprint density at radius 3 is 2.50 bits per heavy atom. The highest BCUT2D eigenvalue weighted by atomic mass is 16.5. The van der Waals surface area contributed by atoms with Crippen LogP contribution in [-0.4, -0.2) is 19.3 Å². The van der Waals surface area contributed by atoms with E-state index < -0.39 is 0 Å². The van der Waals surface area contributed by atoms with Crippen molar-refractivity contribution in [1.82, 2.24) is 0 Å². The van der Waals surface area contributed by atoms with Gasteiger partial charge in [-0.3, -0.25) is 0 Å². The predicted molar refractivity (Wildman–Crippen MR) is 48.0 cm³/mol. The first kappa shape index (κ1) is 7.77. The number of benzene rings is 1. The summed E-state index contributed by atoms with van der Waals surface area (Å²) in [4.78, 5) is 0. The third-order valence-electron chi connectivity index (χ3n) is 2.35. The molecule has 1 aliphatic rings. The summed E-state index contributed by atoms with van der Waals surface area (Å²) in [5.74, 6) is 0.395. The van der Waals surface area contributed by atoms with Gasteiger partial charge in [-0.2, -0.15) is 0 Å². The summed E-state index contributed by atoms with van der Waals surface area (Å²) in [6.45, 7) is 1.46. The molecular formula is C10H13NO. The molecule has 12 heavy (non-hydrogen) atoms. The van der Waals surface area contributed by atoms with Crippen LogP contribution in [0.15, 0.2) is 30.3 Å². The van der Waals surface area contributed by atoms with Gasteiger partial charge in [-0.15, -0.1) is 0 Å². The van der Waals surface area contributed by atoms with Gasteiger partial charge in [-0.05, 0) is 5.56 Å². The summed E-state index contributed by atoms with van der Waals surface area (Å²) in [6, 6.07) is 10.5. The fourth-order valence-corrected chi connectivity index (χ4v) is 1.61. The van der Waals surface area contributed by atoms with Crippen LogP contribution in [0.4, 0.5) is 0 Å².